The zero-order chi connectivity index (χ0) is 11.8. The van der Waals surface area contributed by atoms with Crippen LogP contribution in [0.15, 0.2) is 35.3 Å². The standard InChI is InChI=1S/C14H15N3/c1-10-8-15-14-16-13(11(2)17(14)9-10)12-6-4-3-5-7-12/h3-8,10H,9H2,1-2H3. The molecule has 0 aliphatic carbocycles. The van der Waals surface area contributed by atoms with E-state index < -0.39 is 0 Å². The molecule has 0 saturated carbocycles. The molecule has 1 unspecified atom stereocenters. The second kappa shape index (κ2) is 3.84. The van der Waals surface area contributed by atoms with Crippen LogP contribution >= 0.6 is 0 Å². The van der Waals surface area contributed by atoms with E-state index in [1.807, 2.05) is 24.4 Å². The number of hydrogen-bond donors (Lipinski definition) is 0. The maximum Gasteiger partial charge on any atom is 0.229 e. The second-order valence-corrected chi connectivity index (χ2v) is 4.58. The van der Waals surface area contributed by atoms with Gasteiger partial charge in [-0.15, -0.1) is 0 Å². The molecule has 1 aliphatic heterocycles. The maximum absolute atomic E-state index is 4.62. The minimum Gasteiger partial charge on any atom is -0.312 e. The molecule has 3 heteroatoms. The highest BCUT2D eigenvalue weighted by molar-refractivity contribution is 5.69. The van der Waals surface area contributed by atoms with Crippen molar-refractivity contribution < 1.29 is 0 Å². The Bertz CT molecular complexity index is 567. The molecule has 2 aromatic rings. The molecule has 1 aliphatic rings. The average Bonchev–Trinajstić information content (AvgIpc) is 2.68. The van der Waals surface area contributed by atoms with Gasteiger partial charge >= 0.3 is 0 Å². The summed E-state index contributed by atoms with van der Waals surface area (Å²) in [5.41, 5.74) is 3.41. The van der Waals surface area contributed by atoms with Crippen LogP contribution in [0, 0.1) is 12.8 Å². The van der Waals surface area contributed by atoms with E-state index in [0.29, 0.717) is 5.92 Å². The van der Waals surface area contributed by atoms with Crippen LogP contribution in [0.3, 0.4) is 0 Å². The van der Waals surface area contributed by atoms with E-state index in [-0.39, 0.29) is 0 Å². The van der Waals surface area contributed by atoms with Gasteiger partial charge in [0.15, 0.2) is 0 Å². The Morgan fingerprint density at radius 1 is 1.24 bits per heavy atom. The van der Waals surface area contributed by atoms with Crippen molar-refractivity contribution in [2.24, 2.45) is 10.9 Å². The molecule has 17 heavy (non-hydrogen) atoms. The second-order valence-electron chi connectivity index (χ2n) is 4.58. The van der Waals surface area contributed by atoms with Crippen LogP contribution in [0.25, 0.3) is 11.3 Å². The molecule has 0 bridgehead atoms. The fourth-order valence-corrected chi connectivity index (χ4v) is 2.23. The monoisotopic (exact) mass is 225 g/mol. The molecule has 3 rings (SSSR count). The normalized spacial score (nSPS) is 18.1. The Kier molecular flexibility index (Phi) is 2.32. The highest BCUT2D eigenvalue weighted by Crippen LogP contribution is 2.29. The van der Waals surface area contributed by atoms with Crippen LogP contribution < -0.4 is 0 Å². The van der Waals surface area contributed by atoms with E-state index in [1.165, 1.54) is 5.69 Å². The lowest BCUT2D eigenvalue weighted by atomic mass is 10.1. The number of fused-ring (bicyclic) bond motifs is 1. The summed E-state index contributed by atoms with van der Waals surface area (Å²) in [6.07, 6.45) is 1.98. The lowest BCUT2D eigenvalue weighted by Crippen LogP contribution is -2.13. The van der Waals surface area contributed by atoms with Crippen molar-refractivity contribution in [2.75, 3.05) is 0 Å². The predicted molar refractivity (Wildman–Crippen MR) is 69.7 cm³/mol. The molecule has 1 aromatic carbocycles. The molecule has 1 atom stereocenters. The SMILES string of the molecule is Cc1c(-c2ccccc2)nc2n1CC(C)C=N2. The number of rotatable bonds is 1. The lowest BCUT2D eigenvalue weighted by molar-refractivity contribution is 0.582. The third kappa shape index (κ3) is 1.68. The summed E-state index contributed by atoms with van der Waals surface area (Å²) in [6.45, 7) is 5.27. The minimum atomic E-state index is 0.485. The highest BCUT2D eigenvalue weighted by Gasteiger charge is 2.18. The van der Waals surface area contributed by atoms with Crippen molar-refractivity contribution in [1.29, 1.82) is 0 Å². The fourth-order valence-electron chi connectivity index (χ4n) is 2.23. The smallest absolute Gasteiger partial charge is 0.229 e. The third-order valence-corrected chi connectivity index (χ3v) is 3.16. The van der Waals surface area contributed by atoms with Gasteiger partial charge in [0, 0.05) is 29.9 Å². The Balaban J connectivity index is 2.13. The van der Waals surface area contributed by atoms with Crippen molar-refractivity contribution in [3.63, 3.8) is 0 Å². The van der Waals surface area contributed by atoms with Crippen molar-refractivity contribution in [3.05, 3.63) is 36.0 Å². The Hall–Kier alpha value is -1.90. The van der Waals surface area contributed by atoms with Crippen LogP contribution in [0.2, 0.25) is 0 Å². The van der Waals surface area contributed by atoms with Gasteiger partial charge in [-0.3, -0.25) is 0 Å². The Labute approximate surface area is 101 Å². The van der Waals surface area contributed by atoms with E-state index in [4.69, 9.17) is 0 Å². The average molecular weight is 225 g/mol. The fraction of sp³-hybridized carbons (Fsp3) is 0.286. The first-order valence-electron chi connectivity index (χ1n) is 5.92. The molecule has 0 N–H and O–H groups in total. The molecular formula is C14H15N3. The molecule has 3 nitrogen and oxygen atoms in total. The maximum atomic E-state index is 4.62. The quantitative estimate of drug-likeness (QED) is 0.733. The molecular weight excluding hydrogens is 210 g/mol. The van der Waals surface area contributed by atoms with Gasteiger partial charge < -0.3 is 4.57 Å². The number of benzene rings is 1. The lowest BCUT2D eigenvalue weighted by Gasteiger charge is -2.14. The largest absolute Gasteiger partial charge is 0.312 e. The van der Waals surface area contributed by atoms with E-state index in [9.17, 15) is 0 Å². The van der Waals surface area contributed by atoms with Gasteiger partial charge in [0.2, 0.25) is 5.95 Å². The van der Waals surface area contributed by atoms with E-state index >= 15 is 0 Å². The Morgan fingerprint density at radius 2 is 2.00 bits per heavy atom. The summed E-state index contributed by atoms with van der Waals surface area (Å²) >= 11 is 0. The minimum absolute atomic E-state index is 0.485. The number of imidazole rings is 1. The highest BCUT2D eigenvalue weighted by atomic mass is 15.2. The summed E-state index contributed by atoms with van der Waals surface area (Å²) < 4.78 is 2.20. The molecule has 0 radical (unpaired) electrons. The van der Waals surface area contributed by atoms with E-state index in [1.54, 1.807) is 0 Å². The molecule has 1 aromatic heterocycles. The first kappa shape index (κ1) is 10.3. The molecule has 0 spiro atoms. The molecule has 86 valence electrons. The van der Waals surface area contributed by atoms with Crippen molar-refractivity contribution in [1.82, 2.24) is 9.55 Å². The Morgan fingerprint density at radius 3 is 2.76 bits per heavy atom. The number of aliphatic imine (C=N–C) groups is 1. The van der Waals surface area contributed by atoms with Gasteiger partial charge in [0.05, 0.1) is 5.69 Å². The van der Waals surface area contributed by atoms with Gasteiger partial charge in [-0.2, -0.15) is 0 Å². The van der Waals surface area contributed by atoms with Crippen molar-refractivity contribution in [2.45, 2.75) is 20.4 Å². The van der Waals surface area contributed by atoms with E-state index in [0.717, 1.165) is 23.8 Å². The number of nitrogens with zero attached hydrogens (tertiary/aromatic N) is 3. The van der Waals surface area contributed by atoms with Crippen LogP contribution in [0.1, 0.15) is 12.6 Å². The van der Waals surface area contributed by atoms with Gasteiger partial charge in [-0.05, 0) is 6.92 Å². The van der Waals surface area contributed by atoms with Crippen LogP contribution in [-0.4, -0.2) is 15.8 Å². The molecule has 0 saturated heterocycles. The third-order valence-electron chi connectivity index (χ3n) is 3.16. The van der Waals surface area contributed by atoms with Gasteiger partial charge in [0.25, 0.3) is 0 Å². The van der Waals surface area contributed by atoms with Crippen molar-refractivity contribution in [3.8, 4) is 11.3 Å². The molecule has 0 fully saturated rings. The predicted octanol–water partition coefficient (Wildman–Crippen LogP) is 3.21. The van der Waals surface area contributed by atoms with Crippen LogP contribution in [0.5, 0.6) is 0 Å². The zero-order valence-corrected chi connectivity index (χ0v) is 10.1. The first-order chi connectivity index (χ1) is 8.25. The summed E-state index contributed by atoms with van der Waals surface area (Å²) in [5.74, 6) is 1.32. The van der Waals surface area contributed by atoms with Gasteiger partial charge in [-0.1, -0.05) is 37.3 Å². The topological polar surface area (TPSA) is 30.2 Å². The summed E-state index contributed by atoms with van der Waals surface area (Å²) in [6, 6.07) is 10.3. The molecule has 2 heterocycles. The van der Waals surface area contributed by atoms with Crippen LogP contribution in [-0.2, 0) is 6.54 Å². The van der Waals surface area contributed by atoms with E-state index in [2.05, 4.69) is 40.5 Å². The van der Waals surface area contributed by atoms with Crippen molar-refractivity contribution >= 4 is 12.2 Å². The van der Waals surface area contributed by atoms with Gasteiger partial charge in [-0.25, -0.2) is 9.98 Å². The number of aromatic nitrogens is 2. The zero-order valence-electron chi connectivity index (χ0n) is 10.1. The van der Waals surface area contributed by atoms with Gasteiger partial charge in [0.1, 0.15) is 0 Å². The summed E-state index contributed by atoms with van der Waals surface area (Å²) in [7, 11) is 0. The summed E-state index contributed by atoms with van der Waals surface area (Å²) in [5, 5.41) is 0. The summed E-state index contributed by atoms with van der Waals surface area (Å²) in [4.78, 5) is 9.03. The first-order valence-corrected chi connectivity index (χ1v) is 5.92. The number of hydrogen-bond acceptors (Lipinski definition) is 2. The molecule has 0 amide bonds. The van der Waals surface area contributed by atoms with Crippen LogP contribution in [0.4, 0.5) is 5.95 Å².